The first kappa shape index (κ1) is 17.9. The number of aromatic nitrogens is 4. The van der Waals surface area contributed by atoms with E-state index in [2.05, 4.69) is 20.7 Å². The number of pyridine rings is 1. The normalized spacial score (nSPS) is 23.0. The highest BCUT2D eigenvalue weighted by atomic mass is 16.2. The van der Waals surface area contributed by atoms with Gasteiger partial charge in [-0.2, -0.15) is 0 Å². The molecule has 2 aliphatic heterocycles. The molecule has 3 N–H and O–H groups in total. The highest BCUT2D eigenvalue weighted by Gasteiger charge is 2.37. The first-order valence-corrected chi connectivity index (χ1v) is 9.81. The minimum atomic E-state index is -0.322. The molecule has 3 aromatic rings. The summed E-state index contributed by atoms with van der Waals surface area (Å²) in [6, 6.07) is 6.67. The van der Waals surface area contributed by atoms with Gasteiger partial charge in [0.1, 0.15) is 5.56 Å². The molecule has 9 nitrogen and oxygen atoms in total. The zero-order chi connectivity index (χ0) is 20.1. The summed E-state index contributed by atoms with van der Waals surface area (Å²) in [6.45, 7) is 3.74. The Kier molecular flexibility index (Phi) is 4.13. The number of hydrogen-bond donors (Lipinski definition) is 3. The van der Waals surface area contributed by atoms with E-state index in [0.717, 1.165) is 25.2 Å². The Morgan fingerprint density at radius 1 is 1.28 bits per heavy atom. The van der Waals surface area contributed by atoms with Gasteiger partial charge in [0.15, 0.2) is 5.65 Å². The number of aryl methyl sites for hydroxylation is 1. The Morgan fingerprint density at radius 2 is 2.14 bits per heavy atom. The van der Waals surface area contributed by atoms with Crippen LogP contribution in [0, 0.1) is 12.8 Å². The van der Waals surface area contributed by atoms with E-state index < -0.39 is 0 Å². The van der Waals surface area contributed by atoms with Gasteiger partial charge in [-0.1, -0.05) is 6.07 Å². The number of nitrogens with one attached hydrogen (secondary N) is 3. The van der Waals surface area contributed by atoms with Crippen molar-refractivity contribution in [3.8, 4) is 0 Å². The first-order chi connectivity index (χ1) is 14.0. The van der Waals surface area contributed by atoms with E-state index in [1.807, 2.05) is 10.6 Å². The van der Waals surface area contributed by atoms with E-state index in [4.69, 9.17) is 0 Å². The Bertz CT molecular complexity index is 1220. The van der Waals surface area contributed by atoms with Gasteiger partial charge in [-0.3, -0.25) is 19.5 Å². The van der Waals surface area contributed by atoms with E-state index in [1.54, 1.807) is 19.1 Å². The number of rotatable bonds is 3. The zero-order valence-electron chi connectivity index (χ0n) is 16.0. The predicted molar refractivity (Wildman–Crippen MR) is 106 cm³/mol. The SMILES string of the molecule is Cc1cc(=O)n2[nH]cc(C(=O)NC[C@H]3[C@@H]4CNC[C@@H](C4)c4cccc(=O)n43)c2n1. The molecule has 2 aliphatic rings. The van der Waals surface area contributed by atoms with E-state index in [9.17, 15) is 14.4 Å². The molecule has 3 aromatic heterocycles. The van der Waals surface area contributed by atoms with Crippen LogP contribution in [0.4, 0.5) is 0 Å². The van der Waals surface area contributed by atoms with Crippen LogP contribution in [0.2, 0.25) is 0 Å². The third-order valence-corrected chi connectivity index (χ3v) is 6.04. The molecule has 0 saturated carbocycles. The van der Waals surface area contributed by atoms with Crippen LogP contribution in [0.15, 0.2) is 40.1 Å². The van der Waals surface area contributed by atoms with Crippen molar-refractivity contribution in [2.24, 2.45) is 5.92 Å². The molecule has 1 amide bonds. The van der Waals surface area contributed by atoms with Crippen molar-refractivity contribution < 1.29 is 4.79 Å². The quantitative estimate of drug-likeness (QED) is 0.586. The third-order valence-electron chi connectivity index (χ3n) is 6.04. The second-order valence-corrected chi connectivity index (χ2v) is 7.87. The van der Waals surface area contributed by atoms with Crippen molar-refractivity contribution in [3.63, 3.8) is 0 Å². The van der Waals surface area contributed by atoms with Crippen LogP contribution in [-0.2, 0) is 0 Å². The Balaban J connectivity index is 1.45. The molecule has 150 valence electrons. The molecule has 5 rings (SSSR count). The second-order valence-electron chi connectivity index (χ2n) is 7.87. The van der Waals surface area contributed by atoms with E-state index in [0.29, 0.717) is 29.4 Å². The molecule has 5 heterocycles. The van der Waals surface area contributed by atoms with Crippen molar-refractivity contribution in [2.75, 3.05) is 19.6 Å². The summed E-state index contributed by atoms with van der Waals surface area (Å²) < 4.78 is 3.10. The van der Waals surface area contributed by atoms with Gasteiger partial charge >= 0.3 is 0 Å². The maximum absolute atomic E-state index is 12.9. The molecule has 1 fully saturated rings. The lowest BCUT2D eigenvalue weighted by Gasteiger charge is -2.43. The molecule has 0 aromatic carbocycles. The maximum Gasteiger partial charge on any atom is 0.272 e. The lowest BCUT2D eigenvalue weighted by Crippen LogP contribution is -2.50. The molecule has 0 spiro atoms. The average molecular weight is 394 g/mol. The largest absolute Gasteiger partial charge is 0.350 e. The van der Waals surface area contributed by atoms with Crippen molar-refractivity contribution in [3.05, 3.63) is 68.1 Å². The van der Waals surface area contributed by atoms with Gasteiger partial charge in [0, 0.05) is 55.3 Å². The number of hydrogen-bond acceptors (Lipinski definition) is 5. The van der Waals surface area contributed by atoms with E-state index in [-0.39, 0.29) is 29.0 Å². The van der Waals surface area contributed by atoms with Gasteiger partial charge in [-0.25, -0.2) is 9.50 Å². The number of H-pyrrole nitrogens is 1. The monoisotopic (exact) mass is 394 g/mol. The van der Waals surface area contributed by atoms with E-state index in [1.165, 1.54) is 16.8 Å². The van der Waals surface area contributed by atoms with Gasteiger partial charge < -0.3 is 15.2 Å². The summed E-state index contributed by atoms with van der Waals surface area (Å²) >= 11 is 0. The number of carbonyl (C=O) groups excluding carboxylic acids is 1. The van der Waals surface area contributed by atoms with Crippen LogP contribution in [0.5, 0.6) is 0 Å². The predicted octanol–water partition coefficient (Wildman–Crippen LogP) is 0.171. The van der Waals surface area contributed by atoms with Crippen molar-refractivity contribution in [1.29, 1.82) is 0 Å². The van der Waals surface area contributed by atoms with Gasteiger partial charge in [-0.05, 0) is 25.3 Å². The molecule has 9 heteroatoms. The highest BCUT2D eigenvalue weighted by molar-refractivity contribution is 5.99. The fourth-order valence-electron chi connectivity index (χ4n) is 4.72. The van der Waals surface area contributed by atoms with Gasteiger partial charge in [0.05, 0.1) is 6.04 Å². The number of amides is 1. The second kappa shape index (κ2) is 6.70. The van der Waals surface area contributed by atoms with Gasteiger partial charge in [0.25, 0.3) is 17.0 Å². The molecule has 2 bridgehead atoms. The molecular formula is C20H22N6O3. The fraction of sp³-hybridized carbons (Fsp3) is 0.400. The molecule has 3 atom stereocenters. The number of piperidine rings is 1. The van der Waals surface area contributed by atoms with Crippen molar-refractivity contribution in [1.82, 2.24) is 29.8 Å². The first-order valence-electron chi connectivity index (χ1n) is 9.81. The molecule has 0 unspecified atom stereocenters. The van der Waals surface area contributed by atoms with Gasteiger partial charge in [-0.15, -0.1) is 0 Å². The van der Waals surface area contributed by atoms with Gasteiger partial charge in [0.2, 0.25) is 0 Å². The summed E-state index contributed by atoms with van der Waals surface area (Å²) in [5, 5.41) is 9.18. The number of aromatic amines is 1. The standard InChI is InChI=1S/C20H22N6O3/c1-11-5-18(28)26-19(24-11)14(9-23-26)20(29)22-10-16-13-6-12(7-21-8-13)15-3-2-4-17(27)25(15)16/h2-5,9,12-13,16,21,23H,6-8,10H2,1H3,(H,22,29)/t12-,13+,16+/m1/s1. The summed E-state index contributed by atoms with van der Waals surface area (Å²) in [7, 11) is 0. The number of nitrogens with zero attached hydrogens (tertiary/aromatic N) is 3. The lowest BCUT2D eigenvalue weighted by molar-refractivity contribution is 0.0933. The Hall–Kier alpha value is -3.20. The smallest absolute Gasteiger partial charge is 0.272 e. The minimum Gasteiger partial charge on any atom is -0.350 e. The Labute approximate surface area is 165 Å². The summed E-state index contributed by atoms with van der Waals surface area (Å²) in [5.74, 6) is 0.271. The summed E-state index contributed by atoms with van der Waals surface area (Å²) in [5.41, 5.74) is 1.88. The molecular weight excluding hydrogens is 372 g/mol. The van der Waals surface area contributed by atoms with Crippen LogP contribution >= 0.6 is 0 Å². The van der Waals surface area contributed by atoms with Crippen LogP contribution < -0.4 is 21.8 Å². The van der Waals surface area contributed by atoms with Crippen LogP contribution in [0.1, 0.15) is 40.1 Å². The highest BCUT2D eigenvalue weighted by Crippen LogP contribution is 2.38. The van der Waals surface area contributed by atoms with Crippen molar-refractivity contribution in [2.45, 2.75) is 25.3 Å². The van der Waals surface area contributed by atoms with Crippen molar-refractivity contribution >= 4 is 11.6 Å². The van der Waals surface area contributed by atoms with E-state index >= 15 is 0 Å². The summed E-state index contributed by atoms with van der Waals surface area (Å²) in [6.07, 6.45) is 2.48. The topological polar surface area (TPSA) is 113 Å². The average Bonchev–Trinajstić information content (AvgIpc) is 3.13. The molecule has 29 heavy (non-hydrogen) atoms. The number of fused-ring (bicyclic) bond motifs is 5. The van der Waals surface area contributed by atoms with Crippen LogP contribution in [-0.4, -0.2) is 44.7 Å². The minimum absolute atomic E-state index is 0.0331. The fourth-order valence-corrected chi connectivity index (χ4v) is 4.72. The molecule has 0 radical (unpaired) electrons. The molecule has 1 saturated heterocycles. The maximum atomic E-state index is 12.9. The zero-order valence-corrected chi connectivity index (χ0v) is 16.0. The lowest BCUT2D eigenvalue weighted by atomic mass is 9.79. The van der Waals surface area contributed by atoms with Crippen LogP contribution in [0.3, 0.4) is 0 Å². The Morgan fingerprint density at radius 3 is 3.00 bits per heavy atom. The van der Waals surface area contributed by atoms with Crippen LogP contribution in [0.25, 0.3) is 5.65 Å². The summed E-state index contributed by atoms with van der Waals surface area (Å²) in [4.78, 5) is 41.8. The number of carbonyl (C=O) groups is 1. The molecule has 0 aliphatic carbocycles. The third kappa shape index (κ3) is 2.89.